The molecule has 0 bridgehead atoms. The normalized spacial score (nSPS) is 31.9. The molecule has 3 atom stereocenters. The Morgan fingerprint density at radius 2 is 2.14 bits per heavy atom. The minimum Gasteiger partial charge on any atom is -0.377 e. The summed E-state index contributed by atoms with van der Waals surface area (Å²) in [5, 5.41) is 3.33. The Balaban J connectivity index is 2.00. The number of nitrogens with one attached hydrogen (secondary N) is 1. The smallest absolute Gasteiger partial charge is 0.282 e. The van der Waals surface area contributed by atoms with E-state index in [-0.39, 0.29) is 12.1 Å². The highest BCUT2D eigenvalue weighted by Crippen LogP contribution is 2.25. The summed E-state index contributed by atoms with van der Waals surface area (Å²) in [6.45, 7) is 7.77. The number of hydrogen-bond donors (Lipinski definition) is 1. The molecule has 2 aliphatic heterocycles. The van der Waals surface area contributed by atoms with E-state index >= 15 is 0 Å². The first-order chi connectivity index (χ1) is 9.96. The second kappa shape index (κ2) is 7.37. The van der Waals surface area contributed by atoms with E-state index in [4.69, 9.17) is 4.74 Å². The van der Waals surface area contributed by atoms with Crippen molar-refractivity contribution in [1.29, 1.82) is 0 Å². The molecule has 0 aliphatic carbocycles. The van der Waals surface area contributed by atoms with Crippen molar-refractivity contribution in [3.63, 3.8) is 0 Å². The van der Waals surface area contributed by atoms with E-state index in [0.29, 0.717) is 25.6 Å². The van der Waals surface area contributed by atoms with Crippen molar-refractivity contribution in [3.05, 3.63) is 0 Å². The Bertz CT molecular complexity index is 429. The fraction of sp³-hybridized carbons (Fsp3) is 1.00. The Morgan fingerprint density at radius 3 is 2.76 bits per heavy atom. The predicted octanol–water partition coefficient (Wildman–Crippen LogP) is 0.662. The molecule has 124 valence electrons. The van der Waals surface area contributed by atoms with Gasteiger partial charge in [0.2, 0.25) is 0 Å². The van der Waals surface area contributed by atoms with Crippen LogP contribution >= 0.6 is 0 Å². The summed E-state index contributed by atoms with van der Waals surface area (Å²) < 4.78 is 34.3. The second-order valence-corrected chi connectivity index (χ2v) is 8.12. The molecule has 0 radical (unpaired) electrons. The number of piperidine rings is 1. The van der Waals surface area contributed by atoms with Crippen LogP contribution in [0.3, 0.4) is 0 Å². The van der Waals surface area contributed by atoms with Crippen molar-refractivity contribution in [3.8, 4) is 0 Å². The van der Waals surface area contributed by atoms with Gasteiger partial charge in [-0.15, -0.1) is 0 Å². The van der Waals surface area contributed by atoms with E-state index in [0.717, 1.165) is 32.4 Å². The van der Waals surface area contributed by atoms with Gasteiger partial charge in [0.15, 0.2) is 0 Å². The second-order valence-electron chi connectivity index (χ2n) is 6.13. The first-order valence-corrected chi connectivity index (χ1v) is 9.42. The van der Waals surface area contributed by atoms with E-state index in [2.05, 4.69) is 12.2 Å². The fourth-order valence-electron chi connectivity index (χ4n) is 3.30. The van der Waals surface area contributed by atoms with Gasteiger partial charge in [-0.2, -0.15) is 17.0 Å². The van der Waals surface area contributed by atoms with Crippen molar-refractivity contribution < 1.29 is 13.2 Å². The highest BCUT2D eigenvalue weighted by Gasteiger charge is 2.39. The highest BCUT2D eigenvalue weighted by atomic mass is 32.2. The summed E-state index contributed by atoms with van der Waals surface area (Å²) >= 11 is 0. The molecule has 2 rings (SSSR count). The van der Waals surface area contributed by atoms with Crippen molar-refractivity contribution in [1.82, 2.24) is 13.9 Å². The largest absolute Gasteiger partial charge is 0.377 e. The molecule has 0 saturated carbocycles. The average Bonchev–Trinajstić information content (AvgIpc) is 2.90. The van der Waals surface area contributed by atoms with Crippen molar-refractivity contribution in [2.45, 2.75) is 45.3 Å². The molecule has 0 aromatic heterocycles. The van der Waals surface area contributed by atoms with Crippen LogP contribution in [0.2, 0.25) is 0 Å². The van der Waals surface area contributed by atoms with Crippen LogP contribution in [0.5, 0.6) is 0 Å². The van der Waals surface area contributed by atoms with Crippen LogP contribution in [0.25, 0.3) is 0 Å². The lowest BCUT2D eigenvalue weighted by molar-refractivity contribution is 0.0998. The van der Waals surface area contributed by atoms with Gasteiger partial charge in [0, 0.05) is 26.7 Å². The number of likely N-dealkylation sites (N-methyl/N-ethyl adjacent to an activating group) is 1. The molecule has 21 heavy (non-hydrogen) atoms. The minimum absolute atomic E-state index is 0.0212. The number of rotatable bonds is 6. The summed E-state index contributed by atoms with van der Waals surface area (Å²) in [5.74, 6) is 0.416. The Labute approximate surface area is 129 Å². The summed E-state index contributed by atoms with van der Waals surface area (Å²) in [6, 6.07) is -0.0378. The Hall–Kier alpha value is -0.210. The molecule has 7 heteroatoms. The quantitative estimate of drug-likeness (QED) is 0.781. The zero-order valence-electron chi connectivity index (χ0n) is 13.4. The maximum atomic E-state index is 12.8. The Morgan fingerprint density at radius 1 is 1.38 bits per heavy atom. The molecule has 0 amide bonds. The van der Waals surface area contributed by atoms with Crippen LogP contribution in [-0.2, 0) is 14.9 Å². The van der Waals surface area contributed by atoms with Gasteiger partial charge in [0.25, 0.3) is 10.2 Å². The van der Waals surface area contributed by atoms with Gasteiger partial charge in [-0.1, -0.05) is 6.92 Å². The van der Waals surface area contributed by atoms with Crippen LogP contribution in [0.4, 0.5) is 0 Å². The molecular formula is C14H29N3O3S. The third kappa shape index (κ3) is 3.96. The first kappa shape index (κ1) is 17.1. The number of nitrogens with zero attached hydrogens (tertiary/aromatic N) is 2. The highest BCUT2D eigenvalue weighted by molar-refractivity contribution is 7.86. The van der Waals surface area contributed by atoms with Crippen molar-refractivity contribution in [2.75, 3.05) is 39.8 Å². The predicted molar refractivity (Wildman–Crippen MR) is 83.3 cm³/mol. The lowest BCUT2D eigenvalue weighted by atomic mass is 10.00. The molecule has 2 fully saturated rings. The minimum atomic E-state index is -3.38. The van der Waals surface area contributed by atoms with E-state index in [9.17, 15) is 8.42 Å². The molecule has 2 saturated heterocycles. The Kier molecular flexibility index (Phi) is 6.02. The number of hydrogen-bond acceptors (Lipinski definition) is 4. The van der Waals surface area contributed by atoms with Crippen LogP contribution in [-0.4, -0.2) is 69.0 Å². The van der Waals surface area contributed by atoms with Crippen LogP contribution in [0.15, 0.2) is 0 Å². The average molecular weight is 319 g/mol. The molecule has 0 aromatic carbocycles. The zero-order chi connectivity index (χ0) is 15.5. The van der Waals surface area contributed by atoms with Gasteiger partial charge in [0.05, 0.1) is 12.1 Å². The molecule has 0 aromatic rings. The summed E-state index contributed by atoms with van der Waals surface area (Å²) in [7, 11) is -1.68. The van der Waals surface area contributed by atoms with Crippen LogP contribution in [0, 0.1) is 5.92 Å². The van der Waals surface area contributed by atoms with Gasteiger partial charge in [-0.25, -0.2) is 0 Å². The van der Waals surface area contributed by atoms with Gasteiger partial charge in [-0.3, -0.25) is 0 Å². The van der Waals surface area contributed by atoms with Crippen LogP contribution in [0.1, 0.15) is 33.1 Å². The molecular weight excluding hydrogens is 290 g/mol. The third-order valence-electron chi connectivity index (χ3n) is 4.66. The van der Waals surface area contributed by atoms with E-state index in [1.165, 1.54) is 4.31 Å². The maximum absolute atomic E-state index is 12.8. The van der Waals surface area contributed by atoms with E-state index in [1.807, 2.05) is 6.92 Å². The maximum Gasteiger partial charge on any atom is 0.282 e. The SMILES string of the molecule is CCNCC1CCCN(S(=O)(=O)N(C)C2CCOC2C)C1. The first-order valence-electron chi connectivity index (χ1n) is 8.02. The molecule has 2 aliphatic rings. The summed E-state index contributed by atoms with van der Waals surface area (Å²) in [6.07, 6.45) is 2.81. The van der Waals surface area contributed by atoms with Gasteiger partial charge < -0.3 is 10.1 Å². The lowest BCUT2D eigenvalue weighted by Crippen LogP contribution is -2.52. The molecule has 0 spiro atoms. The molecule has 3 unspecified atom stereocenters. The van der Waals surface area contributed by atoms with E-state index < -0.39 is 10.2 Å². The zero-order valence-corrected chi connectivity index (χ0v) is 14.2. The number of ether oxygens (including phenoxy) is 1. The van der Waals surface area contributed by atoms with Gasteiger partial charge in [-0.05, 0) is 45.2 Å². The lowest BCUT2D eigenvalue weighted by Gasteiger charge is -2.36. The monoisotopic (exact) mass is 319 g/mol. The third-order valence-corrected chi connectivity index (χ3v) is 6.64. The standard InChI is InChI=1S/C14H29N3O3S/c1-4-15-10-13-6-5-8-17(11-13)21(18,19)16(3)14-7-9-20-12(14)2/h12-15H,4-11H2,1-3H3. The fourth-order valence-corrected chi connectivity index (χ4v) is 5.04. The van der Waals surface area contributed by atoms with Crippen LogP contribution < -0.4 is 5.32 Å². The van der Waals surface area contributed by atoms with E-state index in [1.54, 1.807) is 11.4 Å². The van der Waals surface area contributed by atoms with Crippen molar-refractivity contribution in [2.24, 2.45) is 5.92 Å². The topological polar surface area (TPSA) is 61.9 Å². The molecule has 6 nitrogen and oxygen atoms in total. The summed E-state index contributed by atoms with van der Waals surface area (Å²) in [5.41, 5.74) is 0. The summed E-state index contributed by atoms with van der Waals surface area (Å²) in [4.78, 5) is 0. The van der Waals surface area contributed by atoms with Gasteiger partial charge >= 0.3 is 0 Å². The van der Waals surface area contributed by atoms with Gasteiger partial charge in [0.1, 0.15) is 0 Å². The van der Waals surface area contributed by atoms with Crippen molar-refractivity contribution >= 4 is 10.2 Å². The molecule has 1 N–H and O–H groups in total. The molecule has 2 heterocycles.